The summed E-state index contributed by atoms with van der Waals surface area (Å²) in [7, 11) is -3.43. The van der Waals surface area contributed by atoms with Gasteiger partial charge in [0.2, 0.25) is 0 Å². The second kappa shape index (κ2) is 7.97. The molecule has 0 aliphatic heterocycles. The summed E-state index contributed by atoms with van der Waals surface area (Å²) >= 11 is 0. The first-order valence-electron chi connectivity index (χ1n) is 7.74. The van der Waals surface area contributed by atoms with Crippen LogP contribution in [-0.4, -0.2) is 26.2 Å². The maximum atomic E-state index is 12.3. The zero-order valence-electron chi connectivity index (χ0n) is 13.8. The average molecular weight is 346 g/mol. The smallest absolute Gasteiger partial charge is 0.315 e. The molecule has 2 aromatic carbocycles. The average Bonchev–Trinajstić information content (AvgIpc) is 2.53. The van der Waals surface area contributed by atoms with Crippen LogP contribution in [0.15, 0.2) is 59.5 Å². The molecule has 1 atom stereocenters. The van der Waals surface area contributed by atoms with Gasteiger partial charge < -0.3 is 10.6 Å². The number of urea groups is 1. The molecule has 2 amide bonds. The molecule has 0 aliphatic rings. The number of amides is 2. The van der Waals surface area contributed by atoms with Gasteiger partial charge in [0.15, 0.2) is 9.84 Å². The van der Waals surface area contributed by atoms with Crippen molar-refractivity contribution in [1.82, 2.24) is 10.6 Å². The van der Waals surface area contributed by atoms with Gasteiger partial charge in [-0.2, -0.15) is 0 Å². The van der Waals surface area contributed by atoms with Gasteiger partial charge in [0.05, 0.1) is 10.6 Å². The van der Waals surface area contributed by atoms with Crippen molar-refractivity contribution in [2.75, 3.05) is 5.75 Å². The van der Waals surface area contributed by atoms with Crippen molar-refractivity contribution in [3.8, 4) is 0 Å². The Morgan fingerprint density at radius 1 is 1.04 bits per heavy atom. The molecular weight excluding hydrogens is 324 g/mol. The molecule has 0 saturated heterocycles. The molecule has 0 radical (unpaired) electrons. The highest BCUT2D eigenvalue weighted by molar-refractivity contribution is 7.91. The van der Waals surface area contributed by atoms with Gasteiger partial charge in [0.25, 0.3) is 0 Å². The van der Waals surface area contributed by atoms with Gasteiger partial charge in [-0.1, -0.05) is 48.0 Å². The minimum atomic E-state index is -3.43. The largest absolute Gasteiger partial charge is 0.335 e. The van der Waals surface area contributed by atoms with Crippen LogP contribution in [0, 0.1) is 6.92 Å². The Morgan fingerprint density at radius 3 is 2.29 bits per heavy atom. The normalized spacial score (nSPS) is 12.4. The first-order chi connectivity index (χ1) is 11.4. The molecule has 24 heavy (non-hydrogen) atoms. The van der Waals surface area contributed by atoms with Gasteiger partial charge in [-0.3, -0.25) is 0 Å². The van der Waals surface area contributed by atoms with Gasteiger partial charge >= 0.3 is 6.03 Å². The monoisotopic (exact) mass is 346 g/mol. The predicted molar refractivity (Wildman–Crippen MR) is 94.5 cm³/mol. The molecule has 0 aromatic heterocycles. The van der Waals surface area contributed by atoms with Crippen LogP contribution in [0.5, 0.6) is 0 Å². The SMILES string of the molecule is Cc1ccc(S(=O)(=O)C[C@@H](C)NC(=O)NCc2ccccc2)cc1. The van der Waals surface area contributed by atoms with Gasteiger partial charge in [0, 0.05) is 12.6 Å². The zero-order chi connectivity index (χ0) is 17.6. The molecule has 2 rings (SSSR count). The Hall–Kier alpha value is -2.34. The summed E-state index contributed by atoms with van der Waals surface area (Å²) in [5, 5.41) is 5.38. The molecule has 0 fully saturated rings. The standard InChI is InChI=1S/C18H22N2O3S/c1-14-8-10-17(11-9-14)24(22,23)13-15(2)20-18(21)19-12-16-6-4-3-5-7-16/h3-11,15H,12-13H2,1-2H3,(H2,19,20,21)/t15-/m1/s1. The molecule has 0 saturated carbocycles. The maximum Gasteiger partial charge on any atom is 0.315 e. The van der Waals surface area contributed by atoms with Crippen molar-refractivity contribution in [1.29, 1.82) is 0 Å². The van der Waals surface area contributed by atoms with E-state index in [4.69, 9.17) is 0 Å². The molecule has 0 unspecified atom stereocenters. The fourth-order valence-corrected chi connectivity index (χ4v) is 3.75. The number of carbonyl (C=O) groups is 1. The van der Waals surface area contributed by atoms with Crippen LogP contribution in [0.4, 0.5) is 4.79 Å². The Labute approximate surface area is 143 Å². The molecule has 2 aromatic rings. The van der Waals surface area contributed by atoms with E-state index in [1.54, 1.807) is 31.2 Å². The zero-order valence-corrected chi connectivity index (χ0v) is 14.6. The molecule has 6 heteroatoms. The van der Waals surface area contributed by atoms with E-state index in [0.717, 1.165) is 11.1 Å². The highest BCUT2D eigenvalue weighted by Gasteiger charge is 2.19. The highest BCUT2D eigenvalue weighted by atomic mass is 32.2. The lowest BCUT2D eigenvalue weighted by Crippen LogP contribution is -2.43. The van der Waals surface area contributed by atoms with E-state index in [0.29, 0.717) is 6.54 Å². The van der Waals surface area contributed by atoms with Crippen LogP contribution >= 0.6 is 0 Å². The number of benzene rings is 2. The third kappa shape index (κ3) is 5.38. The molecule has 128 valence electrons. The van der Waals surface area contributed by atoms with E-state index in [1.165, 1.54) is 0 Å². The van der Waals surface area contributed by atoms with Crippen LogP contribution in [-0.2, 0) is 16.4 Å². The van der Waals surface area contributed by atoms with Gasteiger partial charge in [-0.25, -0.2) is 13.2 Å². The number of rotatable bonds is 6. The van der Waals surface area contributed by atoms with Crippen LogP contribution in [0.25, 0.3) is 0 Å². The van der Waals surface area contributed by atoms with Crippen molar-refractivity contribution < 1.29 is 13.2 Å². The summed E-state index contributed by atoms with van der Waals surface area (Å²) in [5.41, 5.74) is 1.98. The Bertz CT molecular complexity index is 772. The van der Waals surface area contributed by atoms with Crippen LogP contribution in [0.2, 0.25) is 0 Å². The minimum Gasteiger partial charge on any atom is -0.335 e. The van der Waals surface area contributed by atoms with Crippen LogP contribution in [0.3, 0.4) is 0 Å². The van der Waals surface area contributed by atoms with Crippen molar-refractivity contribution in [2.45, 2.75) is 31.3 Å². The number of nitrogens with one attached hydrogen (secondary N) is 2. The Morgan fingerprint density at radius 2 is 1.67 bits per heavy atom. The molecule has 0 spiro atoms. The second-order valence-corrected chi connectivity index (χ2v) is 7.84. The Kier molecular flexibility index (Phi) is 5.98. The lowest BCUT2D eigenvalue weighted by atomic mass is 10.2. The first kappa shape index (κ1) is 18.0. The molecule has 2 N–H and O–H groups in total. The Balaban J connectivity index is 1.86. The van der Waals surface area contributed by atoms with Crippen molar-refractivity contribution >= 4 is 15.9 Å². The van der Waals surface area contributed by atoms with E-state index in [2.05, 4.69) is 10.6 Å². The van der Waals surface area contributed by atoms with E-state index in [9.17, 15) is 13.2 Å². The quantitative estimate of drug-likeness (QED) is 0.844. The number of aryl methyl sites for hydroxylation is 1. The number of carbonyl (C=O) groups excluding carboxylic acids is 1. The molecule has 0 aliphatic carbocycles. The topological polar surface area (TPSA) is 75.3 Å². The fourth-order valence-electron chi connectivity index (χ4n) is 2.27. The van der Waals surface area contributed by atoms with Crippen LogP contribution < -0.4 is 10.6 Å². The van der Waals surface area contributed by atoms with E-state index in [1.807, 2.05) is 37.3 Å². The number of hydrogen-bond acceptors (Lipinski definition) is 3. The first-order valence-corrected chi connectivity index (χ1v) is 9.40. The number of hydrogen-bond donors (Lipinski definition) is 2. The molecule has 0 bridgehead atoms. The van der Waals surface area contributed by atoms with E-state index in [-0.39, 0.29) is 16.7 Å². The summed E-state index contributed by atoms with van der Waals surface area (Å²) in [6.07, 6.45) is 0. The second-order valence-electron chi connectivity index (χ2n) is 5.81. The fraction of sp³-hybridized carbons (Fsp3) is 0.278. The summed E-state index contributed by atoms with van der Waals surface area (Å²) < 4.78 is 24.7. The lowest BCUT2D eigenvalue weighted by molar-refractivity contribution is 0.238. The minimum absolute atomic E-state index is 0.144. The van der Waals surface area contributed by atoms with Crippen molar-refractivity contribution in [2.24, 2.45) is 0 Å². The summed E-state index contributed by atoms with van der Waals surface area (Å²) in [6, 6.07) is 15.3. The van der Waals surface area contributed by atoms with Gasteiger partial charge in [-0.05, 0) is 31.5 Å². The van der Waals surface area contributed by atoms with Gasteiger partial charge in [0.1, 0.15) is 0 Å². The number of sulfone groups is 1. The summed E-state index contributed by atoms with van der Waals surface area (Å²) in [5.74, 6) is -0.144. The third-order valence-corrected chi connectivity index (χ3v) is 5.45. The molecular formula is C18H22N2O3S. The van der Waals surface area contributed by atoms with E-state index < -0.39 is 15.9 Å². The molecule has 5 nitrogen and oxygen atoms in total. The van der Waals surface area contributed by atoms with E-state index >= 15 is 0 Å². The lowest BCUT2D eigenvalue weighted by Gasteiger charge is -2.15. The third-order valence-electron chi connectivity index (χ3n) is 3.52. The summed E-state index contributed by atoms with van der Waals surface area (Å²) in [6.45, 7) is 3.97. The maximum absolute atomic E-state index is 12.3. The van der Waals surface area contributed by atoms with Gasteiger partial charge in [-0.15, -0.1) is 0 Å². The summed E-state index contributed by atoms with van der Waals surface area (Å²) in [4.78, 5) is 12.1. The highest BCUT2D eigenvalue weighted by Crippen LogP contribution is 2.13. The van der Waals surface area contributed by atoms with Crippen LogP contribution in [0.1, 0.15) is 18.1 Å². The predicted octanol–water partition coefficient (Wildman–Crippen LogP) is 2.66. The van der Waals surface area contributed by atoms with Crippen molar-refractivity contribution in [3.63, 3.8) is 0 Å². The van der Waals surface area contributed by atoms with Crippen molar-refractivity contribution in [3.05, 3.63) is 65.7 Å². The molecule has 0 heterocycles.